The summed E-state index contributed by atoms with van der Waals surface area (Å²) in [6.07, 6.45) is 0.264. The largest absolute Gasteiger partial charge is 0.448 e. The summed E-state index contributed by atoms with van der Waals surface area (Å²) in [4.78, 5) is 61.3. The molecule has 1 saturated heterocycles. The number of thiazole rings is 1. The van der Waals surface area contributed by atoms with Crippen LogP contribution < -0.4 is 10.6 Å². The minimum Gasteiger partial charge on any atom is -0.448 e. The van der Waals surface area contributed by atoms with Crippen molar-refractivity contribution in [3.8, 4) is 10.6 Å². The fourth-order valence-electron chi connectivity index (χ4n) is 6.28. The maximum absolute atomic E-state index is 14.5. The van der Waals surface area contributed by atoms with Gasteiger partial charge in [0.05, 0.1) is 11.3 Å². The van der Waals surface area contributed by atoms with Crippen molar-refractivity contribution in [2.24, 2.45) is 0 Å². The van der Waals surface area contributed by atoms with Crippen LogP contribution in [0.4, 0.5) is 10.5 Å². The third-order valence-electron chi connectivity index (χ3n) is 8.74. The van der Waals surface area contributed by atoms with Gasteiger partial charge in [-0.3, -0.25) is 19.8 Å². The zero-order chi connectivity index (χ0) is 37.8. The number of anilines is 1. The van der Waals surface area contributed by atoms with Crippen molar-refractivity contribution in [1.29, 1.82) is 0 Å². The predicted molar refractivity (Wildman–Crippen MR) is 210 cm³/mol. The van der Waals surface area contributed by atoms with Gasteiger partial charge in [0.2, 0.25) is 5.91 Å². The van der Waals surface area contributed by atoms with E-state index in [4.69, 9.17) is 9.47 Å². The number of nitrogens with one attached hydrogen (secondary N) is 2. The lowest BCUT2D eigenvalue weighted by Gasteiger charge is -2.49. The van der Waals surface area contributed by atoms with Crippen molar-refractivity contribution in [3.05, 3.63) is 149 Å². The van der Waals surface area contributed by atoms with Crippen LogP contribution in [-0.4, -0.2) is 56.5 Å². The van der Waals surface area contributed by atoms with Crippen molar-refractivity contribution < 1.29 is 28.7 Å². The predicted octanol–water partition coefficient (Wildman–Crippen LogP) is 7.84. The molecule has 4 aromatic carbocycles. The normalized spacial score (nSPS) is 16.7. The van der Waals surface area contributed by atoms with Crippen LogP contribution in [0.3, 0.4) is 0 Å². The summed E-state index contributed by atoms with van der Waals surface area (Å²) in [5, 5.41) is 5.84. The number of rotatable bonds is 10. The molecule has 2 aliphatic heterocycles. The molecule has 2 atom stereocenters. The van der Waals surface area contributed by atoms with Crippen LogP contribution in [0.1, 0.15) is 48.4 Å². The molecule has 12 heteroatoms. The van der Waals surface area contributed by atoms with Crippen LogP contribution in [0.25, 0.3) is 16.1 Å². The van der Waals surface area contributed by atoms with Crippen LogP contribution in [0.2, 0.25) is 0 Å². The van der Waals surface area contributed by atoms with E-state index in [2.05, 4.69) is 15.6 Å². The first-order valence-electron chi connectivity index (χ1n) is 17.4. The van der Waals surface area contributed by atoms with Gasteiger partial charge in [-0.05, 0) is 43.5 Å². The number of benzene rings is 4. The van der Waals surface area contributed by atoms with E-state index in [0.717, 1.165) is 26.6 Å². The Morgan fingerprint density at radius 2 is 1.48 bits per heavy atom. The Hall–Kier alpha value is -5.72. The van der Waals surface area contributed by atoms with Crippen LogP contribution in [0.15, 0.2) is 127 Å². The van der Waals surface area contributed by atoms with E-state index >= 15 is 0 Å². The van der Waals surface area contributed by atoms with Crippen molar-refractivity contribution in [3.63, 3.8) is 0 Å². The second-order valence-corrected chi connectivity index (χ2v) is 15.9. The maximum Gasteiger partial charge on any atom is 0.412 e. The minimum atomic E-state index is -0.877. The Kier molecular flexibility index (Phi) is 10.7. The van der Waals surface area contributed by atoms with Gasteiger partial charge in [-0.25, -0.2) is 14.6 Å². The number of fused-ring (bicyclic) bond motifs is 1. The molecule has 0 radical (unpaired) electrons. The van der Waals surface area contributed by atoms with Crippen molar-refractivity contribution >= 4 is 58.2 Å². The molecule has 274 valence electrons. The van der Waals surface area contributed by atoms with Gasteiger partial charge < -0.3 is 14.8 Å². The zero-order valence-electron chi connectivity index (χ0n) is 29.9. The number of carbonyl (C=O) groups excluding carboxylic acids is 4. The lowest BCUT2D eigenvalue weighted by Crippen LogP contribution is -2.70. The SMILES string of the molecule is CC(C)(C)OC(=O)Nc1ccccc1CC(=O)NC1C(=O)N2C(C(=O)OC(c3ccccc3)c3ccccc3)=C(c3cnc(-c4ccccc4)s3)CSC12. The summed E-state index contributed by atoms with van der Waals surface area (Å²) >= 11 is 2.90. The van der Waals surface area contributed by atoms with Gasteiger partial charge in [0.25, 0.3) is 5.91 Å². The Balaban J connectivity index is 1.16. The van der Waals surface area contributed by atoms with Crippen molar-refractivity contribution in [2.75, 3.05) is 11.1 Å². The third-order valence-corrected chi connectivity index (χ3v) is 11.1. The first-order valence-corrected chi connectivity index (χ1v) is 19.3. The standard InChI is InChI=1S/C42H38N4O6S2/c1-42(2,3)52-41(50)44-31-22-14-13-21-29(31)23-33(47)45-34-38(48)46-35(40(49)51-36(26-15-7-4-8-16-26)27-17-9-5-10-18-27)30(25-53-39(34)46)32-24-43-37(54-32)28-19-11-6-12-20-28/h4-22,24,34,36,39H,23,25H2,1-3H3,(H,44,50)(H,45,47). The smallest absolute Gasteiger partial charge is 0.412 e. The molecular weight excluding hydrogens is 721 g/mol. The van der Waals surface area contributed by atoms with Gasteiger partial charge in [-0.2, -0.15) is 0 Å². The van der Waals surface area contributed by atoms with Crippen LogP contribution in [-0.2, 0) is 30.3 Å². The lowest BCUT2D eigenvalue weighted by molar-refractivity contribution is -0.154. The fraction of sp³-hybridized carbons (Fsp3) is 0.214. The van der Waals surface area contributed by atoms with E-state index in [0.29, 0.717) is 22.6 Å². The first kappa shape index (κ1) is 36.6. The number of hydrogen-bond donors (Lipinski definition) is 2. The monoisotopic (exact) mass is 758 g/mol. The number of β-lactam (4-membered cyclic amide) rings is 1. The second-order valence-electron chi connectivity index (χ2n) is 13.7. The Morgan fingerprint density at radius 1 is 0.870 bits per heavy atom. The Labute approximate surface area is 321 Å². The molecule has 2 aliphatic rings. The van der Waals surface area contributed by atoms with Gasteiger partial charge in [-0.1, -0.05) is 109 Å². The summed E-state index contributed by atoms with van der Waals surface area (Å²) in [5.41, 5.74) is 3.58. The summed E-state index contributed by atoms with van der Waals surface area (Å²) in [6, 6.07) is 34.8. The molecule has 5 aromatic rings. The van der Waals surface area contributed by atoms with Gasteiger partial charge in [0, 0.05) is 28.8 Å². The number of para-hydroxylation sites is 1. The van der Waals surface area contributed by atoms with Gasteiger partial charge in [0.15, 0.2) is 6.10 Å². The number of aromatic nitrogens is 1. The second kappa shape index (κ2) is 15.7. The summed E-state index contributed by atoms with van der Waals surface area (Å²) in [6.45, 7) is 5.30. The highest BCUT2D eigenvalue weighted by Gasteiger charge is 2.55. The molecular formula is C42H38N4O6S2. The van der Waals surface area contributed by atoms with Crippen LogP contribution in [0, 0.1) is 0 Å². The fourth-order valence-corrected chi connectivity index (χ4v) is 8.70. The highest BCUT2D eigenvalue weighted by atomic mass is 32.2. The molecule has 54 heavy (non-hydrogen) atoms. The topological polar surface area (TPSA) is 127 Å². The van der Waals surface area contributed by atoms with Crippen molar-refractivity contribution in [1.82, 2.24) is 15.2 Å². The van der Waals surface area contributed by atoms with E-state index in [9.17, 15) is 19.2 Å². The van der Waals surface area contributed by atoms with E-state index < -0.39 is 47.0 Å². The molecule has 10 nitrogen and oxygen atoms in total. The average Bonchev–Trinajstić information content (AvgIpc) is 3.67. The molecule has 0 bridgehead atoms. The number of esters is 1. The Morgan fingerprint density at radius 3 is 2.13 bits per heavy atom. The minimum absolute atomic E-state index is 0.0952. The molecule has 7 rings (SSSR count). The van der Waals surface area contributed by atoms with Gasteiger partial charge in [-0.15, -0.1) is 23.1 Å². The maximum atomic E-state index is 14.5. The number of amides is 3. The number of nitrogens with zero attached hydrogens (tertiary/aromatic N) is 2. The molecule has 0 saturated carbocycles. The molecule has 3 heterocycles. The third kappa shape index (κ3) is 8.09. The van der Waals surface area contributed by atoms with Crippen LogP contribution in [0.5, 0.6) is 0 Å². The highest BCUT2D eigenvalue weighted by Crippen LogP contribution is 2.46. The van der Waals surface area contributed by atoms with E-state index in [1.165, 1.54) is 28.0 Å². The molecule has 1 fully saturated rings. The average molecular weight is 759 g/mol. The zero-order valence-corrected chi connectivity index (χ0v) is 31.5. The Bertz CT molecular complexity index is 2160. The summed E-state index contributed by atoms with van der Waals surface area (Å²) < 4.78 is 11.7. The summed E-state index contributed by atoms with van der Waals surface area (Å²) in [5.74, 6) is -1.10. The molecule has 2 unspecified atom stereocenters. The number of thioether (sulfide) groups is 1. The number of hydrogen-bond acceptors (Lipinski definition) is 9. The molecule has 1 aromatic heterocycles. The number of ether oxygens (including phenoxy) is 2. The summed E-state index contributed by atoms with van der Waals surface area (Å²) in [7, 11) is 0. The van der Waals surface area contributed by atoms with Gasteiger partial charge in [0.1, 0.15) is 27.7 Å². The molecule has 0 spiro atoms. The van der Waals surface area contributed by atoms with E-state index in [1.807, 2.05) is 91.0 Å². The van der Waals surface area contributed by atoms with Crippen LogP contribution >= 0.6 is 23.1 Å². The van der Waals surface area contributed by atoms with Crippen molar-refractivity contribution in [2.45, 2.75) is 50.3 Å². The molecule has 2 N–H and O–H groups in total. The van der Waals surface area contributed by atoms with Gasteiger partial charge >= 0.3 is 12.1 Å². The molecule has 3 amide bonds. The number of carbonyl (C=O) groups is 4. The first-order chi connectivity index (χ1) is 26.1. The van der Waals surface area contributed by atoms with E-state index in [1.54, 1.807) is 51.2 Å². The highest BCUT2D eigenvalue weighted by molar-refractivity contribution is 8.00. The lowest BCUT2D eigenvalue weighted by atomic mass is 10.00. The van der Waals surface area contributed by atoms with E-state index in [-0.39, 0.29) is 12.1 Å². The quantitative estimate of drug-likeness (QED) is 0.109. The molecule has 0 aliphatic carbocycles.